The molecule has 0 bridgehead atoms. The molecule has 9 heteroatoms. The molecule has 5 nitrogen and oxygen atoms in total. The first-order valence-electron chi connectivity index (χ1n) is 5.56. The molecule has 0 aliphatic rings. The van der Waals surface area contributed by atoms with Crippen LogP contribution in [0, 0.1) is 0 Å². The molecule has 2 N–H and O–H groups in total. The molecular formula is C12H11ClF3NO4. The predicted octanol–water partition coefficient (Wildman–Crippen LogP) is 2.19. The van der Waals surface area contributed by atoms with Crippen LogP contribution in [0.5, 0.6) is 0 Å². The normalized spacial score (nSPS) is 12.8. The van der Waals surface area contributed by atoms with Gasteiger partial charge in [-0.25, -0.2) is 4.79 Å². The van der Waals surface area contributed by atoms with Gasteiger partial charge in [0.25, 0.3) is 5.91 Å². The van der Waals surface area contributed by atoms with Crippen molar-refractivity contribution in [2.24, 2.45) is 0 Å². The third kappa shape index (κ3) is 4.91. The molecule has 0 saturated carbocycles. The molecule has 1 unspecified atom stereocenters. The van der Waals surface area contributed by atoms with Crippen molar-refractivity contribution in [2.45, 2.75) is 12.3 Å². The monoisotopic (exact) mass is 325 g/mol. The fourth-order valence-corrected chi connectivity index (χ4v) is 1.68. The summed E-state index contributed by atoms with van der Waals surface area (Å²) in [6.45, 7) is -0.390. The number of halogens is 4. The highest BCUT2D eigenvalue weighted by Crippen LogP contribution is 2.31. The third-order valence-electron chi connectivity index (χ3n) is 2.50. The van der Waals surface area contributed by atoms with E-state index < -0.39 is 36.3 Å². The van der Waals surface area contributed by atoms with E-state index in [-0.39, 0.29) is 10.6 Å². The second-order valence-electron chi connectivity index (χ2n) is 4.00. The molecule has 0 aliphatic carbocycles. The molecular weight excluding hydrogens is 315 g/mol. The Morgan fingerprint density at radius 3 is 2.48 bits per heavy atom. The van der Waals surface area contributed by atoms with Crippen LogP contribution in [0.15, 0.2) is 18.2 Å². The zero-order valence-electron chi connectivity index (χ0n) is 10.7. The molecule has 0 aromatic heterocycles. The number of carboxylic acid groups (broad SMARTS) is 1. The molecule has 1 amide bonds. The van der Waals surface area contributed by atoms with Gasteiger partial charge in [-0.05, 0) is 18.2 Å². The van der Waals surface area contributed by atoms with Crippen molar-refractivity contribution < 1.29 is 32.6 Å². The highest BCUT2D eigenvalue weighted by Gasteiger charge is 2.31. The minimum absolute atomic E-state index is 0.253. The highest BCUT2D eigenvalue weighted by atomic mass is 35.5. The lowest BCUT2D eigenvalue weighted by Gasteiger charge is -2.13. The van der Waals surface area contributed by atoms with Crippen LogP contribution in [-0.4, -0.2) is 36.7 Å². The smallest absolute Gasteiger partial charge is 0.416 e. The summed E-state index contributed by atoms with van der Waals surface area (Å²) in [5.41, 5.74) is -1.39. The van der Waals surface area contributed by atoms with Crippen LogP contribution >= 0.6 is 11.6 Å². The molecule has 1 aromatic rings. The van der Waals surface area contributed by atoms with Crippen LogP contribution in [0.1, 0.15) is 15.9 Å². The average molecular weight is 326 g/mol. The Kier molecular flexibility index (Phi) is 5.56. The van der Waals surface area contributed by atoms with E-state index in [4.69, 9.17) is 16.7 Å². The van der Waals surface area contributed by atoms with Gasteiger partial charge in [0.2, 0.25) is 0 Å². The quantitative estimate of drug-likeness (QED) is 0.870. The van der Waals surface area contributed by atoms with Crippen LogP contribution in [-0.2, 0) is 15.7 Å². The summed E-state index contributed by atoms with van der Waals surface area (Å²) in [5.74, 6) is -2.19. The van der Waals surface area contributed by atoms with Crippen LogP contribution in [0.2, 0.25) is 5.02 Å². The fourth-order valence-electron chi connectivity index (χ4n) is 1.44. The maximum Gasteiger partial charge on any atom is 0.416 e. The Morgan fingerprint density at radius 1 is 1.38 bits per heavy atom. The van der Waals surface area contributed by atoms with E-state index in [2.05, 4.69) is 10.1 Å². The fraction of sp³-hybridized carbons (Fsp3) is 0.333. The Balaban J connectivity index is 2.88. The number of carbonyl (C=O) groups is 2. The molecule has 1 atom stereocenters. The molecule has 1 aromatic carbocycles. The van der Waals surface area contributed by atoms with Gasteiger partial charge in [0.1, 0.15) is 0 Å². The number of nitrogens with one attached hydrogen (secondary N) is 1. The second-order valence-corrected chi connectivity index (χ2v) is 4.44. The first-order chi connectivity index (χ1) is 9.65. The van der Waals surface area contributed by atoms with E-state index in [1.54, 1.807) is 0 Å². The molecule has 1 rings (SSSR count). The Morgan fingerprint density at radius 2 is 2.00 bits per heavy atom. The number of hydrogen-bond acceptors (Lipinski definition) is 3. The molecule has 0 heterocycles. The standard InChI is InChI=1S/C12H11ClF3NO4/c1-21-9(11(19)20)5-17-10(18)6-2-7(12(14,15)16)4-8(13)3-6/h2-4,9H,5H2,1H3,(H,17,18)(H,19,20). The zero-order valence-corrected chi connectivity index (χ0v) is 11.5. The number of alkyl halides is 3. The summed E-state index contributed by atoms with van der Waals surface area (Å²) in [7, 11) is 1.13. The van der Waals surface area contributed by atoms with Gasteiger partial charge < -0.3 is 15.2 Å². The zero-order chi connectivity index (χ0) is 16.2. The Hall–Kier alpha value is -1.80. The number of benzene rings is 1. The van der Waals surface area contributed by atoms with Crippen molar-refractivity contribution >= 4 is 23.5 Å². The maximum absolute atomic E-state index is 12.6. The SMILES string of the molecule is COC(CNC(=O)c1cc(Cl)cc(C(F)(F)F)c1)C(=O)O. The van der Waals surface area contributed by atoms with Crippen LogP contribution in [0.4, 0.5) is 13.2 Å². The minimum atomic E-state index is -4.64. The minimum Gasteiger partial charge on any atom is -0.479 e. The number of carboxylic acids is 1. The van der Waals surface area contributed by atoms with Gasteiger partial charge >= 0.3 is 12.1 Å². The van der Waals surface area contributed by atoms with E-state index >= 15 is 0 Å². The number of rotatable bonds is 5. The summed E-state index contributed by atoms with van der Waals surface area (Å²) in [6.07, 6.45) is -5.94. The topological polar surface area (TPSA) is 75.6 Å². The van der Waals surface area contributed by atoms with E-state index in [0.29, 0.717) is 12.1 Å². The van der Waals surface area contributed by atoms with Gasteiger partial charge in [-0.1, -0.05) is 11.6 Å². The van der Waals surface area contributed by atoms with Gasteiger partial charge in [-0.15, -0.1) is 0 Å². The van der Waals surface area contributed by atoms with Gasteiger partial charge in [0.05, 0.1) is 12.1 Å². The van der Waals surface area contributed by atoms with Crippen LogP contribution < -0.4 is 5.32 Å². The average Bonchev–Trinajstić information content (AvgIpc) is 2.37. The Bertz CT molecular complexity index is 548. The molecule has 0 spiro atoms. The lowest BCUT2D eigenvalue weighted by molar-refractivity contribution is -0.148. The lowest BCUT2D eigenvalue weighted by atomic mass is 10.1. The largest absolute Gasteiger partial charge is 0.479 e. The summed E-state index contributed by atoms with van der Waals surface area (Å²) in [5, 5.41) is 10.6. The first kappa shape index (κ1) is 17.3. The number of hydrogen-bond donors (Lipinski definition) is 2. The summed E-state index contributed by atoms with van der Waals surface area (Å²) >= 11 is 5.54. The number of ether oxygens (including phenoxy) is 1. The van der Waals surface area contributed by atoms with E-state index in [9.17, 15) is 22.8 Å². The molecule has 21 heavy (non-hydrogen) atoms. The van der Waals surface area contributed by atoms with Crippen molar-refractivity contribution in [3.05, 3.63) is 34.3 Å². The molecule has 116 valence electrons. The van der Waals surface area contributed by atoms with Crippen molar-refractivity contribution in [2.75, 3.05) is 13.7 Å². The number of aliphatic carboxylic acids is 1. The van der Waals surface area contributed by atoms with Gasteiger partial charge in [-0.2, -0.15) is 13.2 Å². The molecule has 0 saturated heterocycles. The lowest BCUT2D eigenvalue weighted by Crippen LogP contribution is -2.37. The number of amides is 1. The summed E-state index contributed by atoms with van der Waals surface area (Å²) in [6, 6.07) is 2.37. The van der Waals surface area contributed by atoms with E-state index in [1.807, 2.05) is 0 Å². The third-order valence-corrected chi connectivity index (χ3v) is 2.71. The molecule has 0 fully saturated rings. The Labute approximate surface area is 122 Å². The number of carbonyl (C=O) groups excluding carboxylic acids is 1. The van der Waals surface area contributed by atoms with Gasteiger partial charge in [0.15, 0.2) is 6.10 Å². The number of methoxy groups -OCH3 is 1. The summed E-state index contributed by atoms with van der Waals surface area (Å²) in [4.78, 5) is 22.4. The van der Waals surface area contributed by atoms with Gasteiger partial charge in [-0.3, -0.25) is 4.79 Å². The molecule has 0 aliphatic heterocycles. The van der Waals surface area contributed by atoms with Crippen LogP contribution in [0.25, 0.3) is 0 Å². The van der Waals surface area contributed by atoms with Crippen molar-refractivity contribution in [1.82, 2.24) is 5.32 Å². The summed E-state index contributed by atoms with van der Waals surface area (Å²) < 4.78 is 42.4. The first-order valence-corrected chi connectivity index (χ1v) is 5.94. The van der Waals surface area contributed by atoms with Gasteiger partial charge in [0, 0.05) is 17.7 Å². The maximum atomic E-state index is 12.6. The molecule has 0 radical (unpaired) electrons. The van der Waals surface area contributed by atoms with Crippen molar-refractivity contribution in [1.29, 1.82) is 0 Å². The van der Waals surface area contributed by atoms with Crippen molar-refractivity contribution in [3.8, 4) is 0 Å². The van der Waals surface area contributed by atoms with Crippen LogP contribution in [0.3, 0.4) is 0 Å². The van der Waals surface area contributed by atoms with Crippen molar-refractivity contribution in [3.63, 3.8) is 0 Å². The second kappa shape index (κ2) is 6.77. The predicted molar refractivity (Wildman–Crippen MR) is 67.2 cm³/mol. The van der Waals surface area contributed by atoms with E-state index in [0.717, 1.165) is 13.2 Å². The van der Waals surface area contributed by atoms with E-state index in [1.165, 1.54) is 0 Å². The highest BCUT2D eigenvalue weighted by molar-refractivity contribution is 6.31.